The normalized spacial score (nSPS) is 9.00. The molecule has 1 radical (unpaired) electrons. The molecule has 0 aliphatic heterocycles. The Balaban J connectivity index is 2.61. The third-order valence-electron chi connectivity index (χ3n) is 0.906. The Morgan fingerprint density at radius 3 is 3.22 bits per heavy atom. The molecule has 0 fully saturated rings. The van der Waals surface area contributed by atoms with Crippen LogP contribution in [0.5, 0.6) is 5.75 Å². The molecule has 1 heterocycles. The van der Waals surface area contributed by atoms with Crippen LogP contribution in [0.1, 0.15) is 6.92 Å². The summed E-state index contributed by atoms with van der Waals surface area (Å²) in [6.45, 7) is 2.64. The topological polar surface area (TPSA) is 22.1 Å². The van der Waals surface area contributed by atoms with Gasteiger partial charge >= 0.3 is 0 Å². The molecule has 0 saturated heterocycles. The highest BCUT2D eigenvalue weighted by atomic mass is 16.5. The largest absolute Gasteiger partial charge is 0.494 e. The van der Waals surface area contributed by atoms with E-state index in [0.717, 1.165) is 5.75 Å². The average Bonchev–Trinajstić information content (AvgIpc) is 1.91. The van der Waals surface area contributed by atoms with Crippen molar-refractivity contribution in [1.29, 1.82) is 0 Å². The molecule has 9 heavy (non-hydrogen) atoms. The van der Waals surface area contributed by atoms with Crippen molar-refractivity contribution < 1.29 is 4.74 Å². The predicted octanol–water partition coefficient (Wildman–Crippen LogP) is 1.28. The van der Waals surface area contributed by atoms with Crippen molar-refractivity contribution in [1.82, 2.24) is 4.98 Å². The molecule has 1 aromatic rings. The van der Waals surface area contributed by atoms with Gasteiger partial charge in [0.15, 0.2) is 0 Å². The van der Waals surface area contributed by atoms with Gasteiger partial charge in [0.05, 0.1) is 12.8 Å². The Morgan fingerprint density at radius 2 is 2.67 bits per heavy atom. The first-order valence-corrected chi connectivity index (χ1v) is 2.88. The van der Waals surface area contributed by atoms with E-state index in [1.54, 1.807) is 18.3 Å². The van der Waals surface area contributed by atoms with Gasteiger partial charge in [0, 0.05) is 12.3 Å². The molecule has 0 amide bonds. The van der Waals surface area contributed by atoms with Crippen molar-refractivity contribution in [2.24, 2.45) is 0 Å². The maximum atomic E-state index is 5.13. The number of hydrogen-bond donors (Lipinski definition) is 0. The van der Waals surface area contributed by atoms with Gasteiger partial charge in [-0.3, -0.25) is 4.98 Å². The molecule has 0 atom stereocenters. The minimum Gasteiger partial charge on any atom is -0.494 e. The lowest BCUT2D eigenvalue weighted by Crippen LogP contribution is -1.90. The number of rotatable bonds is 2. The summed E-state index contributed by atoms with van der Waals surface area (Å²) in [6.07, 6.45) is 4.33. The molecule has 0 aromatic carbocycles. The summed E-state index contributed by atoms with van der Waals surface area (Å²) in [5.74, 6) is 0.826. The van der Waals surface area contributed by atoms with E-state index in [4.69, 9.17) is 4.74 Å². The lowest BCUT2D eigenvalue weighted by molar-refractivity contribution is 0.340. The molecule has 2 nitrogen and oxygen atoms in total. The standard InChI is InChI=1S/C7H8NO/c1-2-9-7-3-5-8-6-4-7/h3-5H,2H2,1H3. The van der Waals surface area contributed by atoms with Crippen molar-refractivity contribution in [2.45, 2.75) is 6.92 Å². The molecule has 0 spiro atoms. The van der Waals surface area contributed by atoms with Gasteiger partial charge in [-0.15, -0.1) is 0 Å². The molecule has 0 bridgehead atoms. The summed E-state index contributed by atoms with van der Waals surface area (Å²) in [7, 11) is 0. The molecular weight excluding hydrogens is 114 g/mol. The fraction of sp³-hybridized carbons (Fsp3) is 0.286. The average molecular weight is 122 g/mol. The summed E-state index contributed by atoms with van der Waals surface area (Å²) >= 11 is 0. The molecule has 0 aliphatic rings. The predicted molar refractivity (Wildman–Crippen MR) is 34.2 cm³/mol. The van der Waals surface area contributed by atoms with E-state index >= 15 is 0 Å². The highest BCUT2D eigenvalue weighted by Gasteiger charge is 1.85. The van der Waals surface area contributed by atoms with Crippen LogP contribution in [0, 0.1) is 6.20 Å². The zero-order valence-corrected chi connectivity index (χ0v) is 5.29. The second-order valence-corrected chi connectivity index (χ2v) is 1.55. The second kappa shape index (κ2) is 3.07. The third-order valence-corrected chi connectivity index (χ3v) is 0.906. The monoisotopic (exact) mass is 122 g/mol. The lowest BCUT2D eigenvalue weighted by Gasteiger charge is -1.98. The van der Waals surface area contributed by atoms with Gasteiger partial charge in [-0.2, -0.15) is 0 Å². The number of hydrogen-bond acceptors (Lipinski definition) is 2. The Hall–Kier alpha value is -1.05. The molecule has 0 N–H and O–H groups in total. The van der Waals surface area contributed by atoms with E-state index in [1.165, 1.54) is 0 Å². The number of nitrogens with zero attached hydrogens (tertiary/aromatic N) is 1. The van der Waals surface area contributed by atoms with E-state index in [1.807, 2.05) is 6.92 Å². The summed E-state index contributed by atoms with van der Waals surface area (Å²) in [6, 6.07) is 3.52. The van der Waals surface area contributed by atoms with Crippen LogP contribution in [0.4, 0.5) is 0 Å². The van der Waals surface area contributed by atoms with Crippen LogP contribution in [-0.4, -0.2) is 11.6 Å². The molecule has 1 aromatic heterocycles. The third kappa shape index (κ3) is 1.72. The molecular formula is C7H8NO. The lowest BCUT2D eigenvalue weighted by atomic mass is 10.5. The van der Waals surface area contributed by atoms with E-state index in [-0.39, 0.29) is 0 Å². The van der Waals surface area contributed by atoms with Gasteiger partial charge in [0.1, 0.15) is 5.75 Å². The molecule has 2 heteroatoms. The highest BCUT2D eigenvalue weighted by molar-refractivity contribution is 5.15. The summed E-state index contributed by atoms with van der Waals surface area (Å²) in [5, 5.41) is 0. The van der Waals surface area contributed by atoms with Crippen molar-refractivity contribution >= 4 is 0 Å². The van der Waals surface area contributed by atoms with Crippen LogP contribution < -0.4 is 4.74 Å². The maximum Gasteiger partial charge on any atom is 0.123 e. The van der Waals surface area contributed by atoms with Gasteiger partial charge in [-0.05, 0) is 13.0 Å². The summed E-state index contributed by atoms with van der Waals surface area (Å²) in [5.41, 5.74) is 0. The first kappa shape index (κ1) is 6.08. The Bertz CT molecular complexity index is 162. The molecule has 47 valence electrons. The van der Waals surface area contributed by atoms with Crippen LogP contribution in [0.15, 0.2) is 18.3 Å². The fourth-order valence-electron chi connectivity index (χ4n) is 0.559. The number of ether oxygens (including phenoxy) is 1. The van der Waals surface area contributed by atoms with Crippen molar-refractivity contribution in [3.63, 3.8) is 0 Å². The van der Waals surface area contributed by atoms with E-state index in [9.17, 15) is 0 Å². The van der Waals surface area contributed by atoms with E-state index in [0.29, 0.717) is 6.61 Å². The molecule has 0 aliphatic carbocycles. The van der Waals surface area contributed by atoms with Crippen molar-refractivity contribution in [3.05, 3.63) is 24.5 Å². The van der Waals surface area contributed by atoms with E-state index in [2.05, 4.69) is 11.2 Å². The van der Waals surface area contributed by atoms with Crippen LogP contribution >= 0.6 is 0 Å². The SMILES string of the molecule is CCOc1c[c]ncc1. The first-order chi connectivity index (χ1) is 4.43. The number of pyridine rings is 1. The minimum absolute atomic E-state index is 0.692. The molecule has 0 unspecified atom stereocenters. The van der Waals surface area contributed by atoms with Gasteiger partial charge in [0.25, 0.3) is 0 Å². The van der Waals surface area contributed by atoms with Crippen LogP contribution in [-0.2, 0) is 0 Å². The zero-order chi connectivity index (χ0) is 6.53. The smallest absolute Gasteiger partial charge is 0.123 e. The van der Waals surface area contributed by atoms with Crippen molar-refractivity contribution in [2.75, 3.05) is 6.61 Å². The van der Waals surface area contributed by atoms with Crippen LogP contribution in [0.2, 0.25) is 0 Å². The Labute approximate surface area is 54.5 Å². The maximum absolute atomic E-state index is 5.13. The Kier molecular flexibility index (Phi) is 2.07. The molecule has 1 rings (SSSR count). The van der Waals surface area contributed by atoms with Gasteiger partial charge < -0.3 is 4.74 Å². The van der Waals surface area contributed by atoms with E-state index < -0.39 is 0 Å². The summed E-state index contributed by atoms with van der Waals surface area (Å²) < 4.78 is 5.13. The van der Waals surface area contributed by atoms with Crippen LogP contribution in [0.3, 0.4) is 0 Å². The minimum atomic E-state index is 0.692. The Morgan fingerprint density at radius 1 is 1.78 bits per heavy atom. The number of aromatic nitrogens is 1. The second-order valence-electron chi connectivity index (χ2n) is 1.55. The van der Waals surface area contributed by atoms with Crippen LogP contribution in [0.25, 0.3) is 0 Å². The van der Waals surface area contributed by atoms with Gasteiger partial charge in [-0.1, -0.05) is 0 Å². The van der Waals surface area contributed by atoms with Gasteiger partial charge in [0.2, 0.25) is 0 Å². The fourth-order valence-corrected chi connectivity index (χ4v) is 0.559. The molecule has 0 saturated carbocycles. The summed E-state index contributed by atoms with van der Waals surface area (Å²) in [4.78, 5) is 3.72. The quantitative estimate of drug-likeness (QED) is 0.589. The first-order valence-electron chi connectivity index (χ1n) is 2.88. The van der Waals surface area contributed by atoms with Gasteiger partial charge in [-0.25, -0.2) is 0 Å². The van der Waals surface area contributed by atoms with Crippen molar-refractivity contribution in [3.8, 4) is 5.75 Å². The zero-order valence-electron chi connectivity index (χ0n) is 5.29. The highest BCUT2D eigenvalue weighted by Crippen LogP contribution is 2.04.